The van der Waals surface area contributed by atoms with Crippen LogP contribution < -0.4 is 10.1 Å². The number of aliphatic hydroxyl groups is 1. The molecule has 0 saturated heterocycles. The minimum absolute atomic E-state index is 0.0184. The Kier molecular flexibility index (Phi) is 5.15. The van der Waals surface area contributed by atoms with Crippen LogP contribution in [0.2, 0.25) is 0 Å². The van der Waals surface area contributed by atoms with Crippen molar-refractivity contribution in [1.82, 2.24) is 5.32 Å². The number of benzene rings is 1. The smallest absolute Gasteiger partial charge is 0.119 e. The third-order valence-corrected chi connectivity index (χ3v) is 2.26. The lowest BCUT2D eigenvalue weighted by Gasteiger charge is -2.14. The summed E-state index contributed by atoms with van der Waals surface area (Å²) in [5, 5.41) is 12.2. The molecule has 1 rings (SSSR count). The van der Waals surface area contributed by atoms with Crippen LogP contribution in [0.3, 0.4) is 0 Å². The second-order valence-corrected chi connectivity index (χ2v) is 3.44. The summed E-state index contributed by atoms with van der Waals surface area (Å²) in [7, 11) is 1.83. The molecule has 0 aromatic heterocycles. The predicted octanol–water partition coefficient (Wildman–Crippen LogP) is 1.73. The highest BCUT2D eigenvalue weighted by Crippen LogP contribution is 2.18. The van der Waals surface area contributed by atoms with Gasteiger partial charge in [-0.25, -0.2) is 0 Å². The van der Waals surface area contributed by atoms with Crippen LogP contribution >= 0.6 is 0 Å². The summed E-state index contributed by atoms with van der Waals surface area (Å²) < 4.78 is 5.53. The van der Waals surface area contributed by atoms with Gasteiger partial charge in [-0.2, -0.15) is 0 Å². The lowest BCUT2D eigenvalue weighted by atomic mass is 10.1. The molecule has 1 aromatic rings. The van der Waals surface area contributed by atoms with Crippen LogP contribution in [0.1, 0.15) is 24.9 Å². The molecule has 0 fully saturated rings. The van der Waals surface area contributed by atoms with Gasteiger partial charge in [0, 0.05) is 0 Å². The molecule has 0 heterocycles. The van der Waals surface area contributed by atoms with Crippen molar-refractivity contribution >= 4 is 0 Å². The molecule has 0 aliphatic heterocycles. The van der Waals surface area contributed by atoms with Crippen LogP contribution in [0.4, 0.5) is 0 Å². The number of hydrogen-bond donors (Lipinski definition) is 2. The van der Waals surface area contributed by atoms with Crippen molar-refractivity contribution in [3.8, 4) is 5.75 Å². The van der Waals surface area contributed by atoms with E-state index in [0.717, 1.165) is 24.3 Å². The maximum atomic E-state index is 9.14. The van der Waals surface area contributed by atoms with Crippen molar-refractivity contribution in [2.45, 2.75) is 19.4 Å². The summed E-state index contributed by atoms with van der Waals surface area (Å²) in [5.74, 6) is 0.864. The van der Waals surface area contributed by atoms with Crippen LogP contribution in [0.25, 0.3) is 0 Å². The van der Waals surface area contributed by atoms with Gasteiger partial charge in [-0.1, -0.05) is 19.1 Å². The van der Waals surface area contributed by atoms with Gasteiger partial charge in [0.2, 0.25) is 0 Å². The third kappa shape index (κ3) is 3.53. The zero-order valence-corrected chi connectivity index (χ0v) is 9.36. The van der Waals surface area contributed by atoms with E-state index in [0.29, 0.717) is 0 Å². The molecule has 0 spiro atoms. The maximum absolute atomic E-state index is 9.14. The topological polar surface area (TPSA) is 41.5 Å². The number of nitrogens with one attached hydrogen (secondary N) is 1. The molecule has 2 N–H and O–H groups in total. The number of likely N-dealkylation sites (N-methyl/N-ethyl adjacent to an activating group) is 1. The van der Waals surface area contributed by atoms with Gasteiger partial charge in [-0.3, -0.25) is 0 Å². The second kappa shape index (κ2) is 6.43. The average Bonchev–Trinajstić information content (AvgIpc) is 2.29. The Bertz CT molecular complexity index is 285. The van der Waals surface area contributed by atoms with Gasteiger partial charge < -0.3 is 15.2 Å². The van der Waals surface area contributed by atoms with Crippen LogP contribution in [0.15, 0.2) is 24.3 Å². The van der Waals surface area contributed by atoms with E-state index < -0.39 is 0 Å². The SMILES string of the molecule is CCCOc1cccc(C(CO)NC)c1. The lowest BCUT2D eigenvalue weighted by molar-refractivity contribution is 0.250. The molecule has 0 amide bonds. The molecule has 0 saturated carbocycles. The highest BCUT2D eigenvalue weighted by molar-refractivity contribution is 5.30. The van der Waals surface area contributed by atoms with E-state index in [2.05, 4.69) is 12.2 Å². The Morgan fingerprint density at radius 1 is 1.47 bits per heavy atom. The fraction of sp³-hybridized carbons (Fsp3) is 0.500. The molecule has 0 radical (unpaired) electrons. The monoisotopic (exact) mass is 209 g/mol. The summed E-state index contributed by atoms with van der Waals surface area (Å²) >= 11 is 0. The van der Waals surface area contributed by atoms with Crippen molar-refractivity contribution in [3.05, 3.63) is 29.8 Å². The van der Waals surface area contributed by atoms with E-state index in [1.807, 2.05) is 31.3 Å². The molecule has 0 bridgehead atoms. The first-order valence-corrected chi connectivity index (χ1v) is 5.32. The van der Waals surface area contributed by atoms with Gasteiger partial charge in [0.05, 0.1) is 19.3 Å². The van der Waals surface area contributed by atoms with Crippen LogP contribution in [0.5, 0.6) is 5.75 Å². The summed E-state index contributed by atoms with van der Waals surface area (Å²) in [5.41, 5.74) is 1.05. The Labute approximate surface area is 91.1 Å². The first-order chi connectivity index (χ1) is 7.31. The van der Waals surface area contributed by atoms with E-state index in [1.54, 1.807) is 0 Å². The Hall–Kier alpha value is -1.06. The third-order valence-electron chi connectivity index (χ3n) is 2.26. The Morgan fingerprint density at radius 3 is 2.87 bits per heavy atom. The highest BCUT2D eigenvalue weighted by atomic mass is 16.5. The minimum Gasteiger partial charge on any atom is -0.494 e. The number of aliphatic hydroxyl groups excluding tert-OH is 1. The predicted molar refractivity (Wildman–Crippen MR) is 61.1 cm³/mol. The van der Waals surface area contributed by atoms with Crippen molar-refractivity contribution in [1.29, 1.82) is 0 Å². The fourth-order valence-corrected chi connectivity index (χ4v) is 1.40. The Morgan fingerprint density at radius 2 is 2.27 bits per heavy atom. The average molecular weight is 209 g/mol. The van der Waals surface area contributed by atoms with Gasteiger partial charge >= 0.3 is 0 Å². The molecular weight excluding hydrogens is 190 g/mol. The maximum Gasteiger partial charge on any atom is 0.119 e. The quantitative estimate of drug-likeness (QED) is 0.749. The van der Waals surface area contributed by atoms with E-state index in [1.165, 1.54) is 0 Å². The molecule has 1 aromatic carbocycles. The van der Waals surface area contributed by atoms with Gasteiger partial charge in [0.25, 0.3) is 0 Å². The standard InChI is InChI=1S/C12H19NO2/c1-3-7-15-11-6-4-5-10(8-11)12(9-14)13-2/h4-6,8,12-14H,3,7,9H2,1-2H3. The molecular formula is C12H19NO2. The number of ether oxygens (including phenoxy) is 1. The molecule has 1 unspecified atom stereocenters. The Balaban J connectivity index is 2.72. The molecule has 0 aliphatic rings. The van der Waals surface area contributed by atoms with Crippen molar-refractivity contribution in [2.75, 3.05) is 20.3 Å². The fourth-order valence-electron chi connectivity index (χ4n) is 1.40. The largest absolute Gasteiger partial charge is 0.494 e. The molecule has 3 nitrogen and oxygen atoms in total. The van der Waals surface area contributed by atoms with Crippen molar-refractivity contribution in [2.24, 2.45) is 0 Å². The van der Waals surface area contributed by atoms with Crippen molar-refractivity contribution in [3.63, 3.8) is 0 Å². The minimum atomic E-state index is -0.0184. The first-order valence-electron chi connectivity index (χ1n) is 5.32. The molecule has 15 heavy (non-hydrogen) atoms. The normalized spacial score (nSPS) is 12.5. The van der Waals surface area contributed by atoms with E-state index in [4.69, 9.17) is 9.84 Å². The first kappa shape index (κ1) is 12.0. The van der Waals surface area contributed by atoms with Gasteiger partial charge in [0.15, 0.2) is 0 Å². The zero-order valence-electron chi connectivity index (χ0n) is 9.36. The summed E-state index contributed by atoms with van der Waals surface area (Å²) in [4.78, 5) is 0. The van der Waals surface area contributed by atoms with Crippen molar-refractivity contribution < 1.29 is 9.84 Å². The lowest BCUT2D eigenvalue weighted by Crippen LogP contribution is -2.19. The van der Waals surface area contributed by atoms with E-state index in [-0.39, 0.29) is 12.6 Å². The van der Waals surface area contributed by atoms with E-state index in [9.17, 15) is 0 Å². The number of rotatable bonds is 6. The molecule has 1 atom stereocenters. The van der Waals surface area contributed by atoms with Crippen LogP contribution in [-0.4, -0.2) is 25.4 Å². The summed E-state index contributed by atoms with van der Waals surface area (Å²) in [6, 6.07) is 7.81. The zero-order chi connectivity index (χ0) is 11.1. The van der Waals surface area contributed by atoms with Crippen LogP contribution in [-0.2, 0) is 0 Å². The summed E-state index contributed by atoms with van der Waals surface area (Å²) in [6.45, 7) is 2.90. The summed E-state index contributed by atoms with van der Waals surface area (Å²) in [6.07, 6.45) is 1.000. The highest BCUT2D eigenvalue weighted by Gasteiger charge is 2.07. The van der Waals surface area contributed by atoms with Gasteiger partial charge in [-0.15, -0.1) is 0 Å². The molecule has 3 heteroatoms. The number of hydrogen-bond acceptors (Lipinski definition) is 3. The van der Waals surface area contributed by atoms with Gasteiger partial charge in [-0.05, 0) is 31.2 Å². The molecule has 84 valence electrons. The molecule has 0 aliphatic carbocycles. The second-order valence-electron chi connectivity index (χ2n) is 3.44. The van der Waals surface area contributed by atoms with Gasteiger partial charge in [0.1, 0.15) is 5.75 Å². The van der Waals surface area contributed by atoms with E-state index >= 15 is 0 Å². The van der Waals surface area contributed by atoms with Crippen LogP contribution in [0, 0.1) is 0 Å².